The van der Waals surface area contributed by atoms with Gasteiger partial charge < -0.3 is 9.47 Å². The minimum atomic E-state index is -4.16. The third-order valence-electron chi connectivity index (χ3n) is 3.67. The number of nitrogens with one attached hydrogen (secondary N) is 1. The topological polar surface area (TPSA) is 77.5 Å². The lowest BCUT2D eigenvalue weighted by atomic mass is 10.2. The summed E-state index contributed by atoms with van der Waals surface area (Å²) in [5, 5.41) is 0. The van der Waals surface area contributed by atoms with E-state index in [1.165, 1.54) is 24.4 Å². The Hall–Kier alpha value is -3.13. The number of pyridine rings is 1. The molecule has 0 amide bonds. The van der Waals surface area contributed by atoms with Crippen molar-refractivity contribution in [1.29, 1.82) is 0 Å². The van der Waals surface area contributed by atoms with E-state index in [0.717, 1.165) is 6.07 Å². The SMILES string of the molecule is COc1ccc(Oc2ncccc2NS(=O)(=O)c2cc(C)ccc2F)cc1. The Morgan fingerprint density at radius 3 is 2.44 bits per heavy atom. The number of benzene rings is 2. The van der Waals surface area contributed by atoms with Crippen molar-refractivity contribution in [3.8, 4) is 17.4 Å². The van der Waals surface area contributed by atoms with Crippen LogP contribution < -0.4 is 14.2 Å². The monoisotopic (exact) mass is 388 g/mol. The molecule has 3 rings (SSSR count). The van der Waals surface area contributed by atoms with Gasteiger partial charge in [0.15, 0.2) is 0 Å². The van der Waals surface area contributed by atoms with Crippen LogP contribution in [0.15, 0.2) is 65.7 Å². The van der Waals surface area contributed by atoms with Crippen molar-refractivity contribution in [2.45, 2.75) is 11.8 Å². The molecule has 8 heteroatoms. The molecule has 0 unspecified atom stereocenters. The second-order valence-corrected chi connectivity index (χ2v) is 7.32. The average Bonchev–Trinajstić information content (AvgIpc) is 2.65. The number of aryl methyl sites for hydroxylation is 1. The second kappa shape index (κ2) is 7.63. The van der Waals surface area contributed by atoms with Gasteiger partial charge in [0.05, 0.1) is 7.11 Å². The summed E-state index contributed by atoms with van der Waals surface area (Å²) >= 11 is 0. The number of anilines is 1. The molecule has 1 heterocycles. The van der Waals surface area contributed by atoms with Crippen molar-refractivity contribution in [3.63, 3.8) is 0 Å². The molecule has 1 N–H and O–H groups in total. The van der Waals surface area contributed by atoms with E-state index in [2.05, 4.69) is 9.71 Å². The smallest absolute Gasteiger partial charge is 0.265 e. The lowest BCUT2D eigenvalue weighted by Crippen LogP contribution is -2.15. The van der Waals surface area contributed by atoms with Crippen LogP contribution in [0.25, 0.3) is 0 Å². The second-order valence-electron chi connectivity index (χ2n) is 5.67. The van der Waals surface area contributed by atoms with Gasteiger partial charge in [0.25, 0.3) is 10.0 Å². The summed E-state index contributed by atoms with van der Waals surface area (Å²) in [4.78, 5) is 3.62. The zero-order valence-electron chi connectivity index (χ0n) is 14.6. The molecule has 6 nitrogen and oxygen atoms in total. The van der Waals surface area contributed by atoms with E-state index in [9.17, 15) is 12.8 Å². The van der Waals surface area contributed by atoms with Crippen molar-refractivity contribution in [3.05, 3.63) is 72.2 Å². The number of halogens is 1. The number of nitrogens with zero attached hydrogens (tertiary/aromatic N) is 1. The molecule has 0 radical (unpaired) electrons. The first-order valence-corrected chi connectivity index (χ1v) is 9.43. The summed E-state index contributed by atoms with van der Waals surface area (Å²) in [7, 11) is -2.61. The maximum absolute atomic E-state index is 14.0. The third kappa shape index (κ3) is 4.35. The fourth-order valence-electron chi connectivity index (χ4n) is 2.32. The molecule has 2 aromatic carbocycles. The Morgan fingerprint density at radius 2 is 1.74 bits per heavy atom. The van der Waals surface area contributed by atoms with E-state index in [4.69, 9.17) is 9.47 Å². The standard InChI is InChI=1S/C19H17FN2O4S/c1-13-5-10-16(20)18(12-13)27(23,24)22-17-4-3-11-21-19(17)26-15-8-6-14(25-2)7-9-15/h3-12,22H,1-2H3. The molecule has 27 heavy (non-hydrogen) atoms. The zero-order chi connectivity index (χ0) is 19.4. The Bertz CT molecular complexity index is 1050. The van der Waals surface area contributed by atoms with Crippen LogP contribution in [-0.2, 0) is 10.0 Å². The summed E-state index contributed by atoms with van der Waals surface area (Å²) < 4.78 is 52.3. The molecule has 140 valence electrons. The summed E-state index contributed by atoms with van der Waals surface area (Å²) in [6.45, 7) is 1.68. The minimum absolute atomic E-state index is 0.0410. The largest absolute Gasteiger partial charge is 0.497 e. The van der Waals surface area contributed by atoms with Gasteiger partial charge in [-0.05, 0) is 61.0 Å². The van der Waals surface area contributed by atoms with E-state index in [1.54, 1.807) is 44.4 Å². The van der Waals surface area contributed by atoms with Gasteiger partial charge in [-0.3, -0.25) is 4.72 Å². The molecule has 1 aromatic heterocycles. The third-order valence-corrected chi connectivity index (χ3v) is 5.05. The van der Waals surface area contributed by atoms with E-state index in [-0.39, 0.29) is 11.6 Å². The molecule has 3 aromatic rings. The average molecular weight is 388 g/mol. The number of aromatic nitrogens is 1. The van der Waals surface area contributed by atoms with Crippen LogP contribution in [0.2, 0.25) is 0 Å². The Morgan fingerprint density at radius 1 is 1.04 bits per heavy atom. The van der Waals surface area contributed by atoms with Gasteiger partial charge in [-0.1, -0.05) is 6.07 Å². The van der Waals surface area contributed by atoms with Gasteiger partial charge in [0.2, 0.25) is 5.88 Å². The van der Waals surface area contributed by atoms with E-state index >= 15 is 0 Å². The molecular weight excluding hydrogens is 371 g/mol. The first kappa shape index (κ1) is 18.7. The van der Waals surface area contributed by atoms with Gasteiger partial charge in [-0.15, -0.1) is 0 Å². The van der Waals surface area contributed by atoms with Crippen molar-refractivity contribution in [2.24, 2.45) is 0 Å². The lowest BCUT2D eigenvalue weighted by Gasteiger charge is -2.13. The Balaban J connectivity index is 1.90. The summed E-state index contributed by atoms with van der Waals surface area (Å²) in [6, 6.07) is 13.6. The number of hydrogen-bond acceptors (Lipinski definition) is 5. The van der Waals surface area contributed by atoms with E-state index < -0.39 is 20.7 Å². The van der Waals surface area contributed by atoms with Crippen molar-refractivity contribution in [2.75, 3.05) is 11.8 Å². The highest BCUT2D eigenvalue weighted by molar-refractivity contribution is 7.92. The lowest BCUT2D eigenvalue weighted by molar-refractivity contribution is 0.412. The predicted octanol–water partition coefficient (Wildman–Crippen LogP) is 4.13. The van der Waals surface area contributed by atoms with Crippen LogP contribution in [0.3, 0.4) is 0 Å². The van der Waals surface area contributed by atoms with Crippen LogP contribution in [0.4, 0.5) is 10.1 Å². The normalized spacial score (nSPS) is 11.1. The molecule has 0 atom stereocenters. The first-order chi connectivity index (χ1) is 12.9. The first-order valence-electron chi connectivity index (χ1n) is 7.95. The quantitative estimate of drug-likeness (QED) is 0.687. The molecule has 0 bridgehead atoms. The molecule has 0 aliphatic rings. The Labute approximate surface area is 156 Å². The van der Waals surface area contributed by atoms with Crippen molar-refractivity contribution < 1.29 is 22.3 Å². The number of sulfonamides is 1. The van der Waals surface area contributed by atoms with Crippen LogP contribution in [0, 0.1) is 12.7 Å². The summed E-state index contributed by atoms with van der Waals surface area (Å²) in [5.41, 5.74) is 0.715. The molecule has 0 saturated carbocycles. The predicted molar refractivity (Wildman–Crippen MR) is 99.3 cm³/mol. The van der Waals surface area contributed by atoms with E-state index in [0.29, 0.717) is 17.1 Å². The molecule has 0 spiro atoms. The summed E-state index contributed by atoms with van der Waals surface area (Å²) in [6.07, 6.45) is 1.46. The van der Waals surface area contributed by atoms with E-state index in [1.807, 2.05) is 0 Å². The Kier molecular flexibility index (Phi) is 5.27. The van der Waals surface area contributed by atoms with Crippen LogP contribution in [0.5, 0.6) is 17.4 Å². The number of rotatable bonds is 6. The van der Waals surface area contributed by atoms with Crippen molar-refractivity contribution >= 4 is 15.7 Å². The van der Waals surface area contributed by atoms with Gasteiger partial charge in [-0.25, -0.2) is 17.8 Å². The minimum Gasteiger partial charge on any atom is -0.497 e. The highest BCUT2D eigenvalue weighted by Gasteiger charge is 2.21. The maximum Gasteiger partial charge on any atom is 0.265 e. The molecule has 0 aliphatic heterocycles. The van der Waals surface area contributed by atoms with Crippen LogP contribution in [0.1, 0.15) is 5.56 Å². The highest BCUT2D eigenvalue weighted by Crippen LogP contribution is 2.30. The van der Waals surface area contributed by atoms with Crippen LogP contribution >= 0.6 is 0 Å². The molecule has 0 fully saturated rings. The molecular formula is C19H17FN2O4S. The zero-order valence-corrected chi connectivity index (χ0v) is 15.5. The maximum atomic E-state index is 14.0. The molecule has 0 saturated heterocycles. The fraction of sp³-hybridized carbons (Fsp3) is 0.105. The van der Waals surface area contributed by atoms with Gasteiger partial charge in [0.1, 0.15) is 27.9 Å². The van der Waals surface area contributed by atoms with Crippen LogP contribution in [-0.4, -0.2) is 20.5 Å². The highest BCUT2D eigenvalue weighted by atomic mass is 32.2. The van der Waals surface area contributed by atoms with Gasteiger partial charge in [0, 0.05) is 6.20 Å². The van der Waals surface area contributed by atoms with Crippen molar-refractivity contribution in [1.82, 2.24) is 4.98 Å². The number of ether oxygens (including phenoxy) is 2. The number of hydrogen-bond donors (Lipinski definition) is 1. The number of methoxy groups -OCH3 is 1. The van der Waals surface area contributed by atoms with Gasteiger partial charge in [-0.2, -0.15) is 0 Å². The van der Waals surface area contributed by atoms with Gasteiger partial charge >= 0.3 is 0 Å². The molecule has 0 aliphatic carbocycles. The summed E-state index contributed by atoms with van der Waals surface area (Å²) in [5.74, 6) is 0.296. The fourth-order valence-corrected chi connectivity index (χ4v) is 3.54.